The van der Waals surface area contributed by atoms with Gasteiger partial charge >= 0.3 is 0 Å². The predicted octanol–water partition coefficient (Wildman–Crippen LogP) is 2.76. The second-order valence-corrected chi connectivity index (χ2v) is 7.17. The van der Waals surface area contributed by atoms with Crippen LogP contribution in [-0.2, 0) is 16.6 Å². The average molecular weight is 349 g/mol. The summed E-state index contributed by atoms with van der Waals surface area (Å²) in [7, 11) is -3.48. The van der Waals surface area contributed by atoms with Gasteiger partial charge in [-0.3, -0.25) is 0 Å². The molecule has 0 aromatic heterocycles. The Balaban J connectivity index is 2.88. The molecule has 0 spiro atoms. The molecule has 108 valence electrons. The van der Waals surface area contributed by atoms with Crippen LogP contribution in [0.3, 0.4) is 0 Å². The third-order valence-electron chi connectivity index (χ3n) is 2.87. The van der Waals surface area contributed by atoms with E-state index >= 15 is 0 Å². The minimum Gasteiger partial charge on any atom is -0.326 e. The van der Waals surface area contributed by atoms with E-state index in [1.54, 1.807) is 18.2 Å². The molecule has 0 bridgehead atoms. The van der Waals surface area contributed by atoms with Crippen LogP contribution in [0.4, 0.5) is 0 Å². The summed E-state index contributed by atoms with van der Waals surface area (Å²) in [6, 6.07) is 4.99. The number of rotatable bonds is 7. The smallest absolute Gasteiger partial charge is 0.241 e. The standard InChI is InChI=1S/C13H21BrN2O2S/c1-3-4-5-10(2)16-19(17,18)13-7-6-11(9-15)8-12(13)14/h6-8,10,16H,3-5,9,15H2,1-2H3. The predicted molar refractivity (Wildman–Crippen MR) is 81.3 cm³/mol. The highest BCUT2D eigenvalue weighted by Crippen LogP contribution is 2.23. The maximum absolute atomic E-state index is 12.3. The molecule has 0 radical (unpaired) electrons. The molecule has 4 nitrogen and oxygen atoms in total. The van der Waals surface area contributed by atoms with Crippen molar-refractivity contribution in [3.63, 3.8) is 0 Å². The van der Waals surface area contributed by atoms with Gasteiger partial charge in [0, 0.05) is 17.1 Å². The monoisotopic (exact) mass is 348 g/mol. The van der Waals surface area contributed by atoms with E-state index in [0.717, 1.165) is 24.8 Å². The van der Waals surface area contributed by atoms with Gasteiger partial charge in [0.25, 0.3) is 0 Å². The highest BCUT2D eigenvalue weighted by atomic mass is 79.9. The lowest BCUT2D eigenvalue weighted by molar-refractivity contribution is 0.534. The zero-order valence-corrected chi connectivity index (χ0v) is 13.7. The first-order valence-electron chi connectivity index (χ1n) is 6.41. The van der Waals surface area contributed by atoms with Crippen molar-refractivity contribution in [3.05, 3.63) is 28.2 Å². The summed E-state index contributed by atoms with van der Waals surface area (Å²) in [5.41, 5.74) is 6.42. The van der Waals surface area contributed by atoms with Gasteiger partial charge in [0.15, 0.2) is 0 Å². The van der Waals surface area contributed by atoms with Crippen LogP contribution in [0.25, 0.3) is 0 Å². The van der Waals surface area contributed by atoms with Gasteiger partial charge in [-0.25, -0.2) is 13.1 Å². The molecule has 1 aromatic carbocycles. The number of nitrogens with two attached hydrogens (primary N) is 1. The highest BCUT2D eigenvalue weighted by Gasteiger charge is 2.19. The maximum atomic E-state index is 12.3. The van der Waals surface area contributed by atoms with Crippen molar-refractivity contribution in [1.82, 2.24) is 4.72 Å². The zero-order chi connectivity index (χ0) is 14.5. The van der Waals surface area contributed by atoms with E-state index in [2.05, 4.69) is 27.6 Å². The van der Waals surface area contributed by atoms with Crippen LogP contribution in [0.5, 0.6) is 0 Å². The van der Waals surface area contributed by atoms with Crippen molar-refractivity contribution in [2.45, 2.75) is 50.6 Å². The maximum Gasteiger partial charge on any atom is 0.241 e. The van der Waals surface area contributed by atoms with Crippen molar-refractivity contribution < 1.29 is 8.42 Å². The van der Waals surface area contributed by atoms with Crippen molar-refractivity contribution in [3.8, 4) is 0 Å². The van der Waals surface area contributed by atoms with E-state index in [9.17, 15) is 8.42 Å². The minimum atomic E-state index is -3.48. The number of halogens is 1. The summed E-state index contributed by atoms with van der Waals surface area (Å²) in [5.74, 6) is 0. The van der Waals surface area contributed by atoms with Crippen molar-refractivity contribution >= 4 is 26.0 Å². The van der Waals surface area contributed by atoms with Crippen LogP contribution >= 0.6 is 15.9 Å². The summed E-state index contributed by atoms with van der Waals surface area (Å²) >= 11 is 3.29. The van der Waals surface area contributed by atoms with Crippen LogP contribution in [0, 0.1) is 0 Å². The Labute approximate surface area is 124 Å². The minimum absolute atomic E-state index is 0.0639. The second-order valence-electron chi connectivity index (χ2n) is 4.63. The van der Waals surface area contributed by atoms with Gasteiger partial charge in [-0.15, -0.1) is 0 Å². The average Bonchev–Trinajstić information content (AvgIpc) is 2.35. The Morgan fingerprint density at radius 2 is 2.11 bits per heavy atom. The van der Waals surface area contributed by atoms with Crippen molar-refractivity contribution in [1.29, 1.82) is 0 Å². The fraction of sp³-hybridized carbons (Fsp3) is 0.538. The molecule has 3 N–H and O–H groups in total. The van der Waals surface area contributed by atoms with Gasteiger partial charge in [0.2, 0.25) is 10.0 Å². The molecule has 0 amide bonds. The fourth-order valence-electron chi connectivity index (χ4n) is 1.79. The molecule has 1 aromatic rings. The van der Waals surface area contributed by atoms with E-state index in [0.29, 0.717) is 11.0 Å². The molecular weight excluding hydrogens is 328 g/mol. The summed E-state index contributed by atoms with van der Waals surface area (Å²) in [6.45, 7) is 4.36. The van der Waals surface area contributed by atoms with E-state index in [-0.39, 0.29) is 10.9 Å². The lowest BCUT2D eigenvalue weighted by atomic mass is 10.2. The number of sulfonamides is 1. The number of unbranched alkanes of at least 4 members (excludes halogenated alkanes) is 1. The van der Waals surface area contributed by atoms with Gasteiger partial charge in [-0.2, -0.15) is 0 Å². The van der Waals surface area contributed by atoms with Crippen LogP contribution in [-0.4, -0.2) is 14.5 Å². The first-order valence-corrected chi connectivity index (χ1v) is 8.69. The van der Waals surface area contributed by atoms with Crippen LogP contribution in [0.2, 0.25) is 0 Å². The Bertz CT molecular complexity index is 517. The topological polar surface area (TPSA) is 72.2 Å². The molecule has 0 aliphatic heterocycles. The van der Waals surface area contributed by atoms with Crippen LogP contribution in [0.1, 0.15) is 38.7 Å². The summed E-state index contributed by atoms with van der Waals surface area (Å²) in [4.78, 5) is 0.257. The first-order chi connectivity index (χ1) is 8.90. The quantitative estimate of drug-likeness (QED) is 0.795. The van der Waals surface area contributed by atoms with Crippen LogP contribution < -0.4 is 10.5 Å². The number of hydrogen-bond donors (Lipinski definition) is 2. The fourth-order valence-corrected chi connectivity index (χ4v) is 4.19. The van der Waals surface area contributed by atoms with Gasteiger partial charge < -0.3 is 5.73 Å². The number of hydrogen-bond acceptors (Lipinski definition) is 3. The highest BCUT2D eigenvalue weighted by molar-refractivity contribution is 9.10. The largest absolute Gasteiger partial charge is 0.326 e. The third kappa shape index (κ3) is 4.87. The van der Waals surface area contributed by atoms with Crippen molar-refractivity contribution in [2.24, 2.45) is 5.73 Å². The lowest BCUT2D eigenvalue weighted by Crippen LogP contribution is -2.32. The summed E-state index contributed by atoms with van der Waals surface area (Å²) in [5, 5.41) is 0. The molecule has 0 aliphatic rings. The Morgan fingerprint density at radius 3 is 2.63 bits per heavy atom. The third-order valence-corrected chi connectivity index (χ3v) is 5.43. The van der Waals surface area contributed by atoms with Gasteiger partial charge in [0.05, 0.1) is 4.90 Å². The van der Waals surface area contributed by atoms with E-state index in [4.69, 9.17) is 5.73 Å². The molecule has 1 atom stereocenters. The zero-order valence-electron chi connectivity index (χ0n) is 11.3. The lowest BCUT2D eigenvalue weighted by Gasteiger charge is -2.15. The normalized spacial score (nSPS) is 13.5. The molecule has 0 fully saturated rings. The Hall–Kier alpha value is -0.430. The van der Waals surface area contributed by atoms with Crippen LogP contribution in [0.15, 0.2) is 27.6 Å². The molecule has 1 rings (SSSR count). The second kappa shape index (κ2) is 7.38. The van der Waals surface area contributed by atoms with Crippen molar-refractivity contribution in [2.75, 3.05) is 0 Å². The summed E-state index contributed by atoms with van der Waals surface area (Å²) in [6.07, 6.45) is 2.91. The molecule has 6 heteroatoms. The molecule has 0 saturated carbocycles. The molecule has 19 heavy (non-hydrogen) atoms. The Morgan fingerprint density at radius 1 is 1.42 bits per heavy atom. The summed E-state index contributed by atoms with van der Waals surface area (Å²) < 4.78 is 27.8. The SMILES string of the molecule is CCCCC(C)NS(=O)(=O)c1ccc(CN)cc1Br. The molecule has 0 aliphatic carbocycles. The van der Waals surface area contributed by atoms with E-state index < -0.39 is 10.0 Å². The molecular formula is C13H21BrN2O2S. The van der Waals surface area contributed by atoms with Gasteiger partial charge in [0.1, 0.15) is 0 Å². The molecule has 1 unspecified atom stereocenters. The van der Waals surface area contributed by atoms with Gasteiger partial charge in [-0.05, 0) is 47.0 Å². The van der Waals surface area contributed by atoms with E-state index in [1.165, 1.54) is 0 Å². The molecule has 0 heterocycles. The Kier molecular flexibility index (Phi) is 6.46. The first kappa shape index (κ1) is 16.6. The number of nitrogens with one attached hydrogen (secondary N) is 1. The number of benzene rings is 1. The molecule has 0 saturated heterocycles. The van der Waals surface area contributed by atoms with Gasteiger partial charge in [-0.1, -0.05) is 25.8 Å². The van der Waals surface area contributed by atoms with E-state index in [1.807, 2.05) is 6.92 Å².